The normalized spacial score (nSPS) is 11.1. The van der Waals surface area contributed by atoms with Crippen LogP contribution in [0.25, 0.3) is 33.9 Å². The summed E-state index contributed by atoms with van der Waals surface area (Å²) in [6.07, 6.45) is 5.19. The summed E-state index contributed by atoms with van der Waals surface area (Å²) >= 11 is 0. The molecule has 102 valence electrons. The van der Waals surface area contributed by atoms with Gasteiger partial charge in [-0.1, -0.05) is 5.16 Å². The van der Waals surface area contributed by atoms with Crippen LogP contribution in [0.2, 0.25) is 0 Å². The monoisotopic (exact) mass is 277 g/mol. The molecule has 4 rings (SSSR count). The summed E-state index contributed by atoms with van der Waals surface area (Å²) in [4.78, 5) is 12.8. The maximum atomic E-state index is 5.34. The number of aromatic nitrogens is 5. The molecule has 6 nitrogen and oxygen atoms in total. The van der Waals surface area contributed by atoms with Crippen LogP contribution in [-0.4, -0.2) is 24.7 Å². The standard InChI is InChI=1S/C15H11N5O/c1-20-9-17-12-7-10(4-5-13(12)20)15-18-14(19-21-15)11-3-2-6-16-8-11/h2-9H,1H3. The summed E-state index contributed by atoms with van der Waals surface area (Å²) in [5.41, 5.74) is 3.64. The molecule has 21 heavy (non-hydrogen) atoms. The molecule has 0 spiro atoms. The smallest absolute Gasteiger partial charge is 0.258 e. The zero-order valence-electron chi connectivity index (χ0n) is 11.3. The van der Waals surface area contributed by atoms with Crippen LogP contribution in [-0.2, 0) is 7.05 Å². The van der Waals surface area contributed by atoms with E-state index in [0.717, 1.165) is 22.2 Å². The highest BCUT2D eigenvalue weighted by Crippen LogP contribution is 2.24. The number of hydrogen-bond donors (Lipinski definition) is 0. The van der Waals surface area contributed by atoms with Crippen LogP contribution in [0.15, 0.2) is 53.6 Å². The summed E-state index contributed by atoms with van der Waals surface area (Å²) in [5.74, 6) is 1.00. The van der Waals surface area contributed by atoms with Crippen LogP contribution in [0.1, 0.15) is 0 Å². The summed E-state index contributed by atoms with van der Waals surface area (Å²) in [5, 5.41) is 4.00. The van der Waals surface area contributed by atoms with Crippen molar-refractivity contribution in [2.45, 2.75) is 0 Å². The first-order valence-corrected chi connectivity index (χ1v) is 6.47. The number of nitrogens with zero attached hydrogens (tertiary/aromatic N) is 5. The molecule has 6 heteroatoms. The molecule has 3 aromatic heterocycles. The Morgan fingerprint density at radius 2 is 2.10 bits per heavy atom. The molecule has 0 atom stereocenters. The number of imidazole rings is 1. The molecular formula is C15H11N5O. The molecule has 0 unspecified atom stereocenters. The van der Waals surface area contributed by atoms with Gasteiger partial charge in [0.05, 0.1) is 17.4 Å². The Kier molecular flexibility index (Phi) is 2.53. The highest BCUT2D eigenvalue weighted by Gasteiger charge is 2.12. The predicted molar refractivity (Wildman–Crippen MR) is 77.2 cm³/mol. The van der Waals surface area contributed by atoms with Crippen LogP contribution in [0, 0.1) is 0 Å². The first-order valence-electron chi connectivity index (χ1n) is 6.47. The van der Waals surface area contributed by atoms with Gasteiger partial charge in [-0.05, 0) is 30.3 Å². The molecule has 0 aliphatic heterocycles. The zero-order chi connectivity index (χ0) is 14.2. The van der Waals surface area contributed by atoms with Gasteiger partial charge in [-0.25, -0.2) is 4.98 Å². The van der Waals surface area contributed by atoms with Crippen molar-refractivity contribution in [2.75, 3.05) is 0 Å². The molecule has 0 amide bonds. The number of fused-ring (bicyclic) bond motifs is 1. The van der Waals surface area contributed by atoms with Crippen molar-refractivity contribution in [3.05, 3.63) is 49.1 Å². The maximum absolute atomic E-state index is 5.34. The van der Waals surface area contributed by atoms with E-state index in [9.17, 15) is 0 Å². The minimum atomic E-state index is 0.474. The predicted octanol–water partition coefficient (Wildman–Crippen LogP) is 2.69. The quantitative estimate of drug-likeness (QED) is 0.563. The Hall–Kier alpha value is -3.02. The number of aryl methyl sites for hydroxylation is 1. The van der Waals surface area contributed by atoms with Crippen molar-refractivity contribution < 1.29 is 4.52 Å². The third-order valence-electron chi connectivity index (χ3n) is 3.32. The van der Waals surface area contributed by atoms with E-state index in [0.29, 0.717) is 11.7 Å². The van der Waals surface area contributed by atoms with Crippen LogP contribution in [0.5, 0.6) is 0 Å². The van der Waals surface area contributed by atoms with E-state index in [4.69, 9.17) is 4.52 Å². The lowest BCUT2D eigenvalue weighted by atomic mass is 10.2. The molecule has 0 bridgehead atoms. The van der Waals surface area contributed by atoms with Crippen LogP contribution in [0.3, 0.4) is 0 Å². The molecular weight excluding hydrogens is 266 g/mol. The van der Waals surface area contributed by atoms with E-state index >= 15 is 0 Å². The summed E-state index contributed by atoms with van der Waals surface area (Å²) < 4.78 is 7.30. The van der Waals surface area contributed by atoms with Crippen molar-refractivity contribution in [3.63, 3.8) is 0 Å². The molecule has 0 aliphatic rings. The molecule has 0 N–H and O–H groups in total. The van der Waals surface area contributed by atoms with Crippen LogP contribution >= 0.6 is 0 Å². The van der Waals surface area contributed by atoms with Crippen molar-refractivity contribution in [2.24, 2.45) is 7.05 Å². The van der Waals surface area contributed by atoms with Gasteiger partial charge in [0.25, 0.3) is 5.89 Å². The second-order valence-corrected chi connectivity index (χ2v) is 4.72. The van der Waals surface area contributed by atoms with Gasteiger partial charge >= 0.3 is 0 Å². The Morgan fingerprint density at radius 3 is 2.95 bits per heavy atom. The van der Waals surface area contributed by atoms with E-state index in [-0.39, 0.29) is 0 Å². The van der Waals surface area contributed by atoms with E-state index in [1.165, 1.54) is 0 Å². The lowest BCUT2D eigenvalue weighted by Gasteiger charge is -1.96. The van der Waals surface area contributed by atoms with Crippen LogP contribution in [0.4, 0.5) is 0 Å². The average molecular weight is 277 g/mol. The fourth-order valence-corrected chi connectivity index (χ4v) is 2.22. The van der Waals surface area contributed by atoms with Crippen molar-refractivity contribution in [3.8, 4) is 22.8 Å². The van der Waals surface area contributed by atoms with Gasteiger partial charge in [0.1, 0.15) is 0 Å². The largest absolute Gasteiger partial charge is 0.334 e. The first-order chi connectivity index (χ1) is 10.3. The van der Waals surface area contributed by atoms with Gasteiger partial charge in [0.2, 0.25) is 5.82 Å². The molecule has 0 aliphatic carbocycles. The van der Waals surface area contributed by atoms with Crippen LogP contribution < -0.4 is 0 Å². The van der Waals surface area contributed by atoms with Crippen molar-refractivity contribution in [1.29, 1.82) is 0 Å². The van der Waals surface area contributed by atoms with Gasteiger partial charge in [-0.15, -0.1) is 0 Å². The lowest BCUT2D eigenvalue weighted by molar-refractivity contribution is 0.432. The second kappa shape index (κ2) is 4.52. The number of benzene rings is 1. The Bertz CT molecular complexity index is 910. The number of rotatable bonds is 2. The lowest BCUT2D eigenvalue weighted by Crippen LogP contribution is -1.84. The van der Waals surface area contributed by atoms with Crippen molar-refractivity contribution in [1.82, 2.24) is 24.7 Å². The van der Waals surface area contributed by atoms with Gasteiger partial charge in [0.15, 0.2) is 0 Å². The molecule has 0 radical (unpaired) electrons. The Morgan fingerprint density at radius 1 is 1.14 bits per heavy atom. The first kappa shape index (κ1) is 11.8. The third-order valence-corrected chi connectivity index (χ3v) is 3.32. The Labute approximate surface area is 120 Å². The fraction of sp³-hybridized carbons (Fsp3) is 0.0667. The highest BCUT2D eigenvalue weighted by molar-refractivity contribution is 5.80. The minimum absolute atomic E-state index is 0.474. The second-order valence-electron chi connectivity index (χ2n) is 4.72. The summed E-state index contributed by atoms with van der Waals surface area (Å²) in [6.45, 7) is 0. The third kappa shape index (κ3) is 1.97. The van der Waals surface area contributed by atoms with E-state index in [2.05, 4.69) is 20.1 Å². The fourth-order valence-electron chi connectivity index (χ4n) is 2.22. The number of hydrogen-bond acceptors (Lipinski definition) is 5. The average Bonchev–Trinajstić information content (AvgIpc) is 3.15. The molecule has 0 fully saturated rings. The van der Waals surface area contributed by atoms with Gasteiger partial charge in [0, 0.05) is 30.6 Å². The SMILES string of the molecule is Cn1cnc2cc(-c3nc(-c4cccnc4)no3)ccc21. The zero-order valence-corrected chi connectivity index (χ0v) is 11.3. The van der Waals surface area contributed by atoms with Crippen molar-refractivity contribution >= 4 is 11.0 Å². The summed E-state index contributed by atoms with van der Waals surface area (Å²) in [6, 6.07) is 9.61. The topological polar surface area (TPSA) is 69.6 Å². The minimum Gasteiger partial charge on any atom is -0.334 e. The number of pyridine rings is 1. The van der Waals surface area contributed by atoms with Gasteiger partial charge < -0.3 is 9.09 Å². The highest BCUT2D eigenvalue weighted by atomic mass is 16.5. The summed E-state index contributed by atoms with van der Waals surface area (Å²) in [7, 11) is 1.96. The molecule has 0 saturated carbocycles. The molecule has 0 saturated heterocycles. The Balaban J connectivity index is 1.77. The van der Waals surface area contributed by atoms with Gasteiger partial charge in [-0.3, -0.25) is 4.98 Å². The van der Waals surface area contributed by atoms with Gasteiger partial charge in [-0.2, -0.15) is 4.98 Å². The maximum Gasteiger partial charge on any atom is 0.258 e. The van der Waals surface area contributed by atoms with E-state index in [1.807, 2.05) is 41.9 Å². The molecule has 1 aromatic carbocycles. The molecule has 3 heterocycles. The molecule has 4 aromatic rings. The van der Waals surface area contributed by atoms with E-state index in [1.54, 1.807) is 18.7 Å². The van der Waals surface area contributed by atoms with E-state index < -0.39 is 0 Å².